The van der Waals surface area contributed by atoms with Crippen molar-refractivity contribution < 1.29 is 13.9 Å². The zero-order valence-corrected chi connectivity index (χ0v) is 12.9. The summed E-state index contributed by atoms with van der Waals surface area (Å²) in [5, 5.41) is 3.23. The first-order chi connectivity index (χ1) is 9.60. The number of hydrogen-bond acceptors (Lipinski definition) is 5. The quantitative estimate of drug-likeness (QED) is 0.849. The molecule has 0 radical (unpaired) electrons. The van der Waals surface area contributed by atoms with E-state index in [1.807, 2.05) is 13.0 Å². The molecular formula is C14H15BrN2O3. The molecule has 1 aromatic heterocycles. The van der Waals surface area contributed by atoms with Gasteiger partial charge in [0.05, 0.1) is 25.4 Å². The summed E-state index contributed by atoms with van der Waals surface area (Å²) in [4.78, 5) is 15.5. The van der Waals surface area contributed by atoms with Crippen LogP contribution in [0.3, 0.4) is 0 Å². The standard InChI is InChI=1S/C14H15BrN2O3/c1-9-6-17-13(20-9)8-16-7-11-4-3-10(5-12(11)15)14(18)19-2/h3-6,16H,7-8H2,1-2H3. The van der Waals surface area contributed by atoms with E-state index in [-0.39, 0.29) is 5.97 Å². The van der Waals surface area contributed by atoms with Crippen LogP contribution in [0.5, 0.6) is 0 Å². The van der Waals surface area contributed by atoms with Crippen molar-refractivity contribution in [1.82, 2.24) is 10.3 Å². The van der Waals surface area contributed by atoms with Crippen LogP contribution >= 0.6 is 15.9 Å². The second-order valence-corrected chi connectivity index (χ2v) is 5.12. The Balaban J connectivity index is 1.94. The van der Waals surface area contributed by atoms with Gasteiger partial charge in [0.1, 0.15) is 5.76 Å². The summed E-state index contributed by atoms with van der Waals surface area (Å²) in [5.41, 5.74) is 1.56. The zero-order valence-electron chi connectivity index (χ0n) is 11.3. The molecule has 106 valence electrons. The molecule has 0 spiro atoms. The Labute approximate surface area is 125 Å². The maximum atomic E-state index is 11.4. The lowest BCUT2D eigenvalue weighted by atomic mass is 10.1. The number of aryl methyl sites for hydroxylation is 1. The number of nitrogens with zero attached hydrogens (tertiary/aromatic N) is 1. The van der Waals surface area contributed by atoms with Crippen LogP contribution in [0.4, 0.5) is 0 Å². The molecule has 0 amide bonds. The minimum absolute atomic E-state index is 0.347. The summed E-state index contributed by atoms with van der Waals surface area (Å²) in [6.45, 7) is 3.06. The van der Waals surface area contributed by atoms with E-state index in [4.69, 9.17) is 4.42 Å². The number of hydrogen-bond donors (Lipinski definition) is 1. The van der Waals surface area contributed by atoms with E-state index in [1.165, 1.54) is 7.11 Å². The number of rotatable bonds is 5. The summed E-state index contributed by atoms with van der Waals surface area (Å²) >= 11 is 3.45. The van der Waals surface area contributed by atoms with Crippen molar-refractivity contribution in [3.05, 3.63) is 51.6 Å². The van der Waals surface area contributed by atoms with E-state index in [1.54, 1.807) is 18.3 Å². The highest BCUT2D eigenvalue weighted by Crippen LogP contribution is 2.19. The Morgan fingerprint density at radius 2 is 2.25 bits per heavy atom. The molecule has 0 atom stereocenters. The van der Waals surface area contributed by atoms with Gasteiger partial charge >= 0.3 is 5.97 Å². The van der Waals surface area contributed by atoms with E-state index < -0.39 is 0 Å². The molecule has 1 aromatic carbocycles. The third-order valence-corrected chi connectivity index (χ3v) is 3.47. The van der Waals surface area contributed by atoms with E-state index in [0.29, 0.717) is 24.5 Å². The molecular weight excluding hydrogens is 324 g/mol. The SMILES string of the molecule is COC(=O)c1ccc(CNCc2ncc(C)o2)c(Br)c1. The largest absolute Gasteiger partial charge is 0.465 e. The van der Waals surface area contributed by atoms with Crippen molar-refractivity contribution in [2.75, 3.05) is 7.11 Å². The number of benzene rings is 1. The summed E-state index contributed by atoms with van der Waals surface area (Å²) in [6.07, 6.45) is 1.69. The van der Waals surface area contributed by atoms with Gasteiger partial charge in [-0.2, -0.15) is 0 Å². The predicted molar refractivity (Wildman–Crippen MR) is 77.3 cm³/mol. The highest BCUT2D eigenvalue weighted by atomic mass is 79.9. The molecule has 5 nitrogen and oxygen atoms in total. The smallest absolute Gasteiger partial charge is 0.337 e. The molecule has 1 N–H and O–H groups in total. The Bertz CT molecular complexity index is 610. The molecule has 2 rings (SSSR count). The summed E-state index contributed by atoms with van der Waals surface area (Å²) in [6, 6.07) is 5.37. The molecule has 2 aromatic rings. The van der Waals surface area contributed by atoms with Crippen LogP contribution < -0.4 is 5.32 Å². The van der Waals surface area contributed by atoms with E-state index >= 15 is 0 Å². The van der Waals surface area contributed by atoms with Gasteiger partial charge in [0.2, 0.25) is 5.89 Å². The third-order valence-electron chi connectivity index (χ3n) is 2.73. The highest BCUT2D eigenvalue weighted by Gasteiger charge is 2.08. The van der Waals surface area contributed by atoms with E-state index in [2.05, 4.69) is 31.0 Å². The molecule has 0 fully saturated rings. The van der Waals surface area contributed by atoms with Gasteiger partial charge in [0.15, 0.2) is 0 Å². The number of esters is 1. The maximum Gasteiger partial charge on any atom is 0.337 e. The minimum atomic E-state index is -0.347. The number of carbonyl (C=O) groups excluding carboxylic acids is 1. The molecule has 0 unspecified atom stereocenters. The van der Waals surface area contributed by atoms with Gasteiger partial charge in [-0.15, -0.1) is 0 Å². The van der Waals surface area contributed by atoms with Crippen LogP contribution in [0.25, 0.3) is 0 Å². The average molecular weight is 339 g/mol. The molecule has 0 saturated heterocycles. The molecule has 20 heavy (non-hydrogen) atoms. The molecule has 0 bridgehead atoms. The maximum absolute atomic E-state index is 11.4. The lowest BCUT2D eigenvalue weighted by Gasteiger charge is -2.07. The van der Waals surface area contributed by atoms with Gasteiger partial charge in [-0.25, -0.2) is 9.78 Å². The Kier molecular flexibility index (Phi) is 4.92. The lowest BCUT2D eigenvalue weighted by Crippen LogP contribution is -2.13. The fourth-order valence-electron chi connectivity index (χ4n) is 1.72. The van der Waals surface area contributed by atoms with Crippen molar-refractivity contribution in [3.8, 4) is 0 Å². The fraction of sp³-hybridized carbons (Fsp3) is 0.286. The van der Waals surface area contributed by atoms with Crippen LogP contribution in [0.15, 0.2) is 33.3 Å². The Hall–Kier alpha value is -1.66. The fourth-order valence-corrected chi connectivity index (χ4v) is 2.24. The third kappa shape index (κ3) is 3.68. The first-order valence-corrected chi connectivity index (χ1v) is 6.88. The molecule has 0 saturated carbocycles. The van der Waals surface area contributed by atoms with Crippen molar-refractivity contribution >= 4 is 21.9 Å². The van der Waals surface area contributed by atoms with Gasteiger partial charge in [0, 0.05) is 11.0 Å². The number of carbonyl (C=O) groups is 1. The summed E-state index contributed by atoms with van der Waals surface area (Å²) in [5.74, 6) is 1.11. The molecule has 1 heterocycles. The Morgan fingerprint density at radius 3 is 2.85 bits per heavy atom. The molecule has 0 aliphatic carbocycles. The predicted octanol–water partition coefficient (Wildman–Crippen LogP) is 2.82. The molecule has 0 aliphatic heterocycles. The minimum Gasteiger partial charge on any atom is -0.465 e. The first kappa shape index (κ1) is 14.7. The van der Waals surface area contributed by atoms with Crippen LogP contribution in [0.1, 0.15) is 27.6 Å². The van der Waals surface area contributed by atoms with Gasteiger partial charge in [0.25, 0.3) is 0 Å². The monoisotopic (exact) mass is 338 g/mol. The van der Waals surface area contributed by atoms with Crippen molar-refractivity contribution in [1.29, 1.82) is 0 Å². The second kappa shape index (κ2) is 6.67. The zero-order chi connectivity index (χ0) is 14.5. The second-order valence-electron chi connectivity index (χ2n) is 4.27. The van der Waals surface area contributed by atoms with Gasteiger partial charge in [-0.3, -0.25) is 0 Å². The van der Waals surface area contributed by atoms with Crippen LogP contribution in [0, 0.1) is 6.92 Å². The van der Waals surface area contributed by atoms with Gasteiger partial charge < -0.3 is 14.5 Å². The molecule has 6 heteroatoms. The number of methoxy groups -OCH3 is 1. The number of nitrogens with one attached hydrogen (secondary N) is 1. The Morgan fingerprint density at radius 1 is 1.45 bits per heavy atom. The number of halogens is 1. The topological polar surface area (TPSA) is 64.4 Å². The number of oxazole rings is 1. The van der Waals surface area contributed by atoms with Crippen LogP contribution in [0.2, 0.25) is 0 Å². The number of ether oxygens (including phenoxy) is 1. The van der Waals surface area contributed by atoms with Crippen LogP contribution in [-0.4, -0.2) is 18.1 Å². The highest BCUT2D eigenvalue weighted by molar-refractivity contribution is 9.10. The van der Waals surface area contributed by atoms with E-state index in [9.17, 15) is 4.79 Å². The van der Waals surface area contributed by atoms with Gasteiger partial charge in [-0.05, 0) is 24.6 Å². The summed E-state index contributed by atoms with van der Waals surface area (Å²) < 4.78 is 10.9. The number of aromatic nitrogens is 1. The normalized spacial score (nSPS) is 10.6. The molecule has 0 aliphatic rings. The van der Waals surface area contributed by atoms with Crippen molar-refractivity contribution in [3.63, 3.8) is 0 Å². The summed E-state index contributed by atoms with van der Waals surface area (Å²) in [7, 11) is 1.37. The average Bonchev–Trinajstić information content (AvgIpc) is 2.85. The van der Waals surface area contributed by atoms with Crippen LogP contribution in [-0.2, 0) is 17.8 Å². The van der Waals surface area contributed by atoms with Gasteiger partial charge in [-0.1, -0.05) is 22.0 Å². The van der Waals surface area contributed by atoms with E-state index in [0.717, 1.165) is 15.8 Å². The van der Waals surface area contributed by atoms with Crippen molar-refractivity contribution in [2.24, 2.45) is 0 Å². The van der Waals surface area contributed by atoms with Crippen molar-refractivity contribution in [2.45, 2.75) is 20.0 Å². The lowest BCUT2D eigenvalue weighted by molar-refractivity contribution is 0.0600. The first-order valence-electron chi connectivity index (χ1n) is 6.09.